The van der Waals surface area contributed by atoms with Crippen molar-refractivity contribution in [3.8, 4) is 5.75 Å². The van der Waals surface area contributed by atoms with Crippen molar-refractivity contribution >= 4 is 5.91 Å². The second-order valence-electron chi connectivity index (χ2n) is 4.80. The standard InChI is InChI=1S/C16H25NO3/c1-5-19-11-7-10-17-16(18)14(4)20-15-9-6-8-12(2)13(15)3/h6,8-9,14H,5,7,10-11H2,1-4H3,(H,17,18)/t14-/m1/s1. The third-order valence-corrected chi connectivity index (χ3v) is 3.20. The minimum absolute atomic E-state index is 0.0950. The van der Waals surface area contributed by atoms with Crippen LogP contribution in [0.5, 0.6) is 5.75 Å². The molecule has 4 heteroatoms. The quantitative estimate of drug-likeness (QED) is 0.744. The van der Waals surface area contributed by atoms with Gasteiger partial charge in [0.25, 0.3) is 5.91 Å². The molecule has 0 unspecified atom stereocenters. The molecule has 1 N–H and O–H groups in total. The van der Waals surface area contributed by atoms with Gasteiger partial charge >= 0.3 is 0 Å². The number of hydrogen-bond donors (Lipinski definition) is 1. The van der Waals surface area contributed by atoms with E-state index in [1.807, 2.05) is 39.0 Å². The van der Waals surface area contributed by atoms with Crippen LogP contribution in [-0.2, 0) is 9.53 Å². The first-order chi connectivity index (χ1) is 9.56. The van der Waals surface area contributed by atoms with Crippen LogP contribution in [-0.4, -0.2) is 31.8 Å². The fourth-order valence-corrected chi connectivity index (χ4v) is 1.77. The van der Waals surface area contributed by atoms with Crippen molar-refractivity contribution in [1.82, 2.24) is 5.32 Å². The van der Waals surface area contributed by atoms with Gasteiger partial charge in [-0.3, -0.25) is 4.79 Å². The highest BCUT2D eigenvalue weighted by Gasteiger charge is 2.15. The Hall–Kier alpha value is -1.55. The van der Waals surface area contributed by atoms with Gasteiger partial charge in [0.05, 0.1) is 0 Å². The molecule has 0 saturated carbocycles. The van der Waals surface area contributed by atoms with E-state index in [0.717, 1.165) is 23.3 Å². The lowest BCUT2D eigenvalue weighted by atomic mass is 10.1. The molecule has 112 valence electrons. The van der Waals surface area contributed by atoms with Crippen molar-refractivity contribution in [2.45, 2.75) is 40.2 Å². The Morgan fingerprint density at radius 1 is 1.35 bits per heavy atom. The minimum Gasteiger partial charge on any atom is -0.481 e. The molecule has 1 atom stereocenters. The maximum atomic E-state index is 11.9. The van der Waals surface area contributed by atoms with E-state index in [-0.39, 0.29) is 5.91 Å². The Morgan fingerprint density at radius 2 is 2.10 bits per heavy atom. The van der Waals surface area contributed by atoms with E-state index in [1.165, 1.54) is 0 Å². The Balaban J connectivity index is 2.39. The van der Waals surface area contributed by atoms with Gasteiger partial charge in [0.1, 0.15) is 5.75 Å². The fourth-order valence-electron chi connectivity index (χ4n) is 1.77. The Labute approximate surface area is 121 Å². The van der Waals surface area contributed by atoms with Crippen LogP contribution in [0.25, 0.3) is 0 Å². The Bertz CT molecular complexity index is 432. The number of nitrogens with one attached hydrogen (secondary N) is 1. The lowest BCUT2D eigenvalue weighted by molar-refractivity contribution is -0.127. The van der Waals surface area contributed by atoms with E-state index >= 15 is 0 Å². The van der Waals surface area contributed by atoms with Gasteiger partial charge < -0.3 is 14.8 Å². The van der Waals surface area contributed by atoms with Crippen molar-refractivity contribution in [3.05, 3.63) is 29.3 Å². The van der Waals surface area contributed by atoms with Crippen LogP contribution in [0.15, 0.2) is 18.2 Å². The molecule has 1 aromatic carbocycles. The van der Waals surface area contributed by atoms with Crippen LogP contribution in [0, 0.1) is 13.8 Å². The maximum absolute atomic E-state index is 11.9. The number of carbonyl (C=O) groups excluding carboxylic acids is 1. The van der Waals surface area contributed by atoms with Crippen LogP contribution in [0.1, 0.15) is 31.4 Å². The molecule has 0 aliphatic carbocycles. The van der Waals surface area contributed by atoms with Gasteiger partial charge in [-0.2, -0.15) is 0 Å². The predicted molar refractivity (Wildman–Crippen MR) is 80.1 cm³/mol. The summed E-state index contributed by atoms with van der Waals surface area (Å²) in [5.41, 5.74) is 2.23. The normalized spacial score (nSPS) is 12.0. The molecular formula is C16H25NO3. The number of hydrogen-bond acceptors (Lipinski definition) is 3. The minimum atomic E-state index is -0.498. The number of ether oxygens (including phenoxy) is 2. The van der Waals surface area contributed by atoms with E-state index in [9.17, 15) is 4.79 Å². The van der Waals surface area contributed by atoms with Crippen molar-refractivity contribution in [3.63, 3.8) is 0 Å². The van der Waals surface area contributed by atoms with E-state index in [2.05, 4.69) is 5.32 Å². The zero-order valence-corrected chi connectivity index (χ0v) is 12.9. The summed E-state index contributed by atoms with van der Waals surface area (Å²) in [5.74, 6) is 0.671. The molecule has 0 aromatic heterocycles. The highest BCUT2D eigenvalue weighted by molar-refractivity contribution is 5.80. The van der Waals surface area contributed by atoms with Crippen molar-refractivity contribution in [2.75, 3.05) is 19.8 Å². The molecule has 1 rings (SSSR count). The molecule has 20 heavy (non-hydrogen) atoms. The lowest BCUT2D eigenvalue weighted by Gasteiger charge is -2.17. The topological polar surface area (TPSA) is 47.6 Å². The summed E-state index contributed by atoms with van der Waals surface area (Å²) >= 11 is 0. The van der Waals surface area contributed by atoms with Gasteiger partial charge in [-0.15, -0.1) is 0 Å². The first-order valence-electron chi connectivity index (χ1n) is 7.14. The molecule has 0 aliphatic heterocycles. The van der Waals surface area contributed by atoms with Gasteiger partial charge in [-0.05, 0) is 51.3 Å². The molecule has 0 saturated heterocycles. The number of aryl methyl sites for hydroxylation is 1. The van der Waals surface area contributed by atoms with Gasteiger partial charge in [-0.25, -0.2) is 0 Å². The molecule has 0 spiro atoms. The van der Waals surface area contributed by atoms with E-state index in [4.69, 9.17) is 9.47 Å². The highest BCUT2D eigenvalue weighted by atomic mass is 16.5. The second kappa shape index (κ2) is 8.59. The number of rotatable bonds is 8. The van der Waals surface area contributed by atoms with Crippen LogP contribution in [0.4, 0.5) is 0 Å². The molecule has 0 radical (unpaired) electrons. The average molecular weight is 279 g/mol. The van der Waals surface area contributed by atoms with Crippen molar-refractivity contribution in [2.24, 2.45) is 0 Å². The van der Waals surface area contributed by atoms with Crippen LogP contribution >= 0.6 is 0 Å². The molecule has 0 aliphatic rings. The summed E-state index contributed by atoms with van der Waals surface area (Å²) in [5, 5.41) is 2.85. The highest BCUT2D eigenvalue weighted by Crippen LogP contribution is 2.21. The summed E-state index contributed by atoms with van der Waals surface area (Å²) < 4.78 is 10.9. The third kappa shape index (κ3) is 5.21. The smallest absolute Gasteiger partial charge is 0.260 e. The van der Waals surface area contributed by atoms with Crippen LogP contribution in [0.2, 0.25) is 0 Å². The van der Waals surface area contributed by atoms with Crippen LogP contribution in [0.3, 0.4) is 0 Å². The Kier molecular flexibility index (Phi) is 7.09. The molecule has 4 nitrogen and oxygen atoms in total. The predicted octanol–water partition coefficient (Wildman–Crippen LogP) is 2.61. The van der Waals surface area contributed by atoms with E-state index in [1.54, 1.807) is 6.92 Å². The Morgan fingerprint density at radius 3 is 2.80 bits per heavy atom. The number of amides is 1. The second-order valence-corrected chi connectivity index (χ2v) is 4.80. The third-order valence-electron chi connectivity index (χ3n) is 3.20. The first kappa shape index (κ1) is 16.5. The molecule has 0 heterocycles. The molecule has 1 aromatic rings. The van der Waals surface area contributed by atoms with E-state index < -0.39 is 6.10 Å². The fraction of sp³-hybridized carbons (Fsp3) is 0.562. The lowest BCUT2D eigenvalue weighted by Crippen LogP contribution is -2.37. The molecular weight excluding hydrogens is 254 g/mol. The first-order valence-corrected chi connectivity index (χ1v) is 7.14. The summed E-state index contributed by atoms with van der Waals surface area (Å²) in [6, 6.07) is 5.85. The number of benzene rings is 1. The summed E-state index contributed by atoms with van der Waals surface area (Å²) in [7, 11) is 0. The van der Waals surface area contributed by atoms with Crippen LogP contribution < -0.4 is 10.1 Å². The summed E-state index contributed by atoms with van der Waals surface area (Å²) in [6.07, 6.45) is 0.318. The van der Waals surface area contributed by atoms with Gasteiger partial charge in [0.2, 0.25) is 0 Å². The zero-order valence-electron chi connectivity index (χ0n) is 12.9. The summed E-state index contributed by atoms with van der Waals surface area (Å²) in [6.45, 7) is 9.73. The maximum Gasteiger partial charge on any atom is 0.260 e. The molecule has 0 bridgehead atoms. The zero-order chi connectivity index (χ0) is 15.0. The van der Waals surface area contributed by atoms with Gasteiger partial charge in [-0.1, -0.05) is 12.1 Å². The molecule has 0 fully saturated rings. The van der Waals surface area contributed by atoms with Crippen molar-refractivity contribution in [1.29, 1.82) is 0 Å². The van der Waals surface area contributed by atoms with Gasteiger partial charge in [0, 0.05) is 19.8 Å². The monoisotopic (exact) mass is 279 g/mol. The van der Waals surface area contributed by atoms with Crippen molar-refractivity contribution < 1.29 is 14.3 Å². The largest absolute Gasteiger partial charge is 0.481 e. The molecule has 1 amide bonds. The van der Waals surface area contributed by atoms with Gasteiger partial charge in [0.15, 0.2) is 6.10 Å². The average Bonchev–Trinajstić information content (AvgIpc) is 2.43. The van der Waals surface area contributed by atoms with E-state index in [0.29, 0.717) is 19.8 Å². The number of carbonyl (C=O) groups is 1. The SMILES string of the molecule is CCOCCCNC(=O)[C@@H](C)Oc1cccc(C)c1C. The summed E-state index contributed by atoms with van der Waals surface area (Å²) in [4.78, 5) is 11.9.